The monoisotopic (exact) mass is 383 g/mol. The number of ether oxygens (including phenoxy) is 4. The van der Waals surface area contributed by atoms with Crippen LogP contribution in [0.25, 0.3) is 0 Å². The summed E-state index contributed by atoms with van der Waals surface area (Å²) in [6.45, 7) is 4.72. The molecule has 0 bridgehead atoms. The fraction of sp³-hybridized carbons (Fsp3) is 0.562. The number of nitrogens with zero attached hydrogens (tertiary/aromatic N) is 2. The predicted octanol–water partition coefficient (Wildman–Crippen LogP) is 0.165. The summed E-state index contributed by atoms with van der Waals surface area (Å²) in [4.78, 5) is 49.6. The van der Waals surface area contributed by atoms with Gasteiger partial charge in [-0.15, -0.1) is 0 Å². The van der Waals surface area contributed by atoms with Gasteiger partial charge < -0.3 is 24.3 Å². The first-order valence-corrected chi connectivity index (χ1v) is 8.11. The summed E-state index contributed by atoms with van der Waals surface area (Å²) in [5, 5.41) is 2.57. The van der Waals surface area contributed by atoms with Gasteiger partial charge in [-0.25, -0.2) is 4.98 Å². The van der Waals surface area contributed by atoms with Gasteiger partial charge in [0.25, 0.3) is 0 Å². The van der Waals surface area contributed by atoms with Crippen molar-refractivity contribution in [2.75, 3.05) is 11.9 Å². The molecule has 0 spiro atoms. The van der Waals surface area contributed by atoms with Crippen molar-refractivity contribution in [3.63, 3.8) is 0 Å². The standard InChI is InChI=1S/C16H21N3O8/c1-8(20)18-13-5-17-7-19(13)16-15(26-11(4)23)14(25-10(3)22)12(27-16)6-24-9(2)21/h5,7,12,14-16H,6H2,1-4H3,(H,18,20)/t12-,14-,15-,16-/m1/s1. The van der Waals surface area contributed by atoms with Gasteiger partial charge >= 0.3 is 17.9 Å². The molecule has 2 heterocycles. The number of amides is 1. The Bertz CT molecular complexity index is 731. The SMILES string of the molecule is CC(=O)Nc1cncn1[C@@H]1O[C@H](COC(C)=O)[C@@H](OC(C)=O)[C@H]1OC(C)=O. The number of carbonyl (C=O) groups excluding carboxylic acids is 4. The summed E-state index contributed by atoms with van der Waals surface area (Å²) in [7, 11) is 0. The fourth-order valence-corrected chi connectivity index (χ4v) is 2.70. The minimum absolute atomic E-state index is 0.217. The van der Waals surface area contributed by atoms with Gasteiger partial charge in [-0.1, -0.05) is 0 Å². The van der Waals surface area contributed by atoms with Crippen molar-refractivity contribution in [3.05, 3.63) is 12.5 Å². The lowest BCUT2D eigenvalue weighted by Gasteiger charge is -2.24. The largest absolute Gasteiger partial charge is 0.463 e. The number of aromatic nitrogens is 2. The van der Waals surface area contributed by atoms with E-state index in [0.29, 0.717) is 5.82 Å². The summed E-state index contributed by atoms with van der Waals surface area (Å²) in [6.07, 6.45) is -1.18. The summed E-state index contributed by atoms with van der Waals surface area (Å²) >= 11 is 0. The topological polar surface area (TPSA) is 135 Å². The van der Waals surface area contributed by atoms with Gasteiger partial charge in [-0.3, -0.25) is 23.7 Å². The molecule has 148 valence electrons. The van der Waals surface area contributed by atoms with Crippen LogP contribution in [0.3, 0.4) is 0 Å². The van der Waals surface area contributed by atoms with Crippen LogP contribution in [0.1, 0.15) is 33.9 Å². The molecule has 1 aromatic heterocycles. The van der Waals surface area contributed by atoms with Gasteiger partial charge in [-0.2, -0.15) is 0 Å². The van der Waals surface area contributed by atoms with Crippen molar-refractivity contribution >= 4 is 29.6 Å². The molecule has 1 amide bonds. The quantitative estimate of drug-likeness (QED) is 0.538. The second-order valence-electron chi connectivity index (χ2n) is 5.88. The zero-order valence-corrected chi connectivity index (χ0v) is 15.3. The molecule has 1 aliphatic rings. The molecule has 0 aliphatic carbocycles. The Labute approximate surface area is 154 Å². The van der Waals surface area contributed by atoms with Crippen LogP contribution < -0.4 is 5.32 Å². The number of esters is 3. The number of rotatable bonds is 6. The number of imidazole rings is 1. The van der Waals surface area contributed by atoms with Gasteiger partial charge in [0, 0.05) is 27.7 Å². The molecule has 1 aromatic rings. The van der Waals surface area contributed by atoms with Gasteiger partial charge in [-0.05, 0) is 0 Å². The molecule has 0 saturated carbocycles. The molecule has 27 heavy (non-hydrogen) atoms. The number of anilines is 1. The van der Waals surface area contributed by atoms with Crippen LogP contribution in [-0.4, -0.2) is 58.3 Å². The summed E-state index contributed by atoms with van der Waals surface area (Å²) in [5.74, 6) is -1.85. The highest BCUT2D eigenvalue weighted by molar-refractivity contribution is 5.87. The minimum Gasteiger partial charge on any atom is -0.463 e. The molecule has 11 heteroatoms. The van der Waals surface area contributed by atoms with E-state index < -0.39 is 42.4 Å². The first kappa shape index (κ1) is 20.4. The van der Waals surface area contributed by atoms with Crippen molar-refractivity contribution in [2.45, 2.75) is 52.2 Å². The molecular formula is C16H21N3O8. The lowest BCUT2D eigenvalue weighted by atomic mass is 10.1. The highest BCUT2D eigenvalue weighted by atomic mass is 16.7. The summed E-state index contributed by atoms with van der Waals surface area (Å²) in [6, 6.07) is 0. The van der Waals surface area contributed by atoms with E-state index in [1.165, 1.54) is 44.8 Å². The second-order valence-corrected chi connectivity index (χ2v) is 5.88. The van der Waals surface area contributed by atoms with Gasteiger partial charge in [0.05, 0.1) is 12.5 Å². The predicted molar refractivity (Wildman–Crippen MR) is 88.2 cm³/mol. The third-order valence-electron chi connectivity index (χ3n) is 3.58. The number of hydrogen-bond donors (Lipinski definition) is 1. The molecule has 2 rings (SSSR count). The van der Waals surface area contributed by atoms with Crippen LogP contribution >= 0.6 is 0 Å². The maximum atomic E-state index is 11.6. The smallest absolute Gasteiger partial charge is 0.303 e. The Balaban J connectivity index is 2.36. The lowest BCUT2D eigenvalue weighted by Crippen LogP contribution is -2.40. The number of hydrogen-bond acceptors (Lipinski definition) is 9. The van der Waals surface area contributed by atoms with Gasteiger partial charge in [0.15, 0.2) is 18.4 Å². The highest BCUT2D eigenvalue weighted by Gasteiger charge is 2.51. The van der Waals surface area contributed by atoms with Gasteiger partial charge in [0.1, 0.15) is 18.5 Å². The normalized spacial score (nSPS) is 24.1. The zero-order chi connectivity index (χ0) is 20.1. The Morgan fingerprint density at radius 3 is 2.26 bits per heavy atom. The van der Waals surface area contributed by atoms with Crippen molar-refractivity contribution < 1.29 is 38.1 Å². The van der Waals surface area contributed by atoms with E-state index in [1.54, 1.807) is 0 Å². The van der Waals surface area contributed by atoms with E-state index in [-0.39, 0.29) is 12.5 Å². The molecular weight excluding hydrogens is 362 g/mol. The van der Waals surface area contributed by atoms with Crippen LogP contribution in [0, 0.1) is 0 Å². The van der Waals surface area contributed by atoms with E-state index in [2.05, 4.69) is 10.3 Å². The van der Waals surface area contributed by atoms with E-state index in [0.717, 1.165) is 0 Å². The average molecular weight is 383 g/mol. The third-order valence-corrected chi connectivity index (χ3v) is 3.58. The maximum absolute atomic E-state index is 11.6. The molecule has 1 fully saturated rings. The second kappa shape index (κ2) is 8.62. The van der Waals surface area contributed by atoms with Crippen molar-refractivity contribution in [1.29, 1.82) is 0 Å². The molecule has 11 nitrogen and oxygen atoms in total. The molecule has 0 aromatic carbocycles. The summed E-state index contributed by atoms with van der Waals surface area (Å²) in [5.41, 5.74) is 0. The Kier molecular flexibility index (Phi) is 6.50. The van der Waals surface area contributed by atoms with E-state index in [1.807, 2.05) is 0 Å². The molecule has 1 saturated heterocycles. The molecule has 4 atom stereocenters. The maximum Gasteiger partial charge on any atom is 0.303 e. The van der Waals surface area contributed by atoms with Crippen molar-refractivity contribution in [3.8, 4) is 0 Å². The van der Waals surface area contributed by atoms with E-state index >= 15 is 0 Å². The molecule has 0 unspecified atom stereocenters. The van der Waals surface area contributed by atoms with Crippen LogP contribution in [0.2, 0.25) is 0 Å². The molecule has 1 aliphatic heterocycles. The third kappa shape index (κ3) is 5.26. The first-order valence-electron chi connectivity index (χ1n) is 8.11. The Morgan fingerprint density at radius 2 is 1.70 bits per heavy atom. The lowest BCUT2D eigenvalue weighted by molar-refractivity contribution is -0.166. The van der Waals surface area contributed by atoms with Crippen LogP contribution in [0.15, 0.2) is 12.5 Å². The number of carbonyl (C=O) groups is 4. The average Bonchev–Trinajstić information content (AvgIpc) is 3.09. The highest BCUT2D eigenvalue weighted by Crippen LogP contribution is 2.36. The fourth-order valence-electron chi connectivity index (χ4n) is 2.70. The molecule has 1 N–H and O–H groups in total. The van der Waals surface area contributed by atoms with Crippen LogP contribution in [-0.2, 0) is 38.1 Å². The van der Waals surface area contributed by atoms with Crippen molar-refractivity contribution in [2.24, 2.45) is 0 Å². The van der Waals surface area contributed by atoms with Crippen LogP contribution in [0.5, 0.6) is 0 Å². The van der Waals surface area contributed by atoms with E-state index in [9.17, 15) is 19.2 Å². The summed E-state index contributed by atoms with van der Waals surface area (Å²) < 4.78 is 22.8. The number of nitrogens with one attached hydrogen (secondary N) is 1. The van der Waals surface area contributed by atoms with Crippen molar-refractivity contribution in [1.82, 2.24) is 9.55 Å². The van der Waals surface area contributed by atoms with Gasteiger partial charge in [0.2, 0.25) is 5.91 Å². The minimum atomic E-state index is -1.05. The Hall–Kier alpha value is -2.95. The molecule has 0 radical (unpaired) electrons. The van der Waals surface area contributed by atoms with Crippen LogP contribution in [0.4, 0.5) is 5.82 Å². The Morgan fingerprint density at radius 1 is 1.07 bits per heavy atom. The zero-order valence-electron chi connectivity index (χ0n) is 15.3. The van der Waals surface area contributed by atoms with E-state index in [4.69, 9.17) is 18.9 Å². The first-order chi connectivity index (χ1) is 12.7.